The Balaban J connectivity index is 1.86. The minimum atomic E-state index is -0.413. The first kappa shape index (κ1) is 13.8. The van der Waals surface area contributed by atoms with Crippen LogP contribution in [-0.4, -0.2) is 42.9 Å². The third kappa shape index (κ3) is 3.69. The summed E-state index contributed by atoms with van der Waals surface area (Å²) in [5, 5.41) is 10.9. The smallest absolute Gasteiger partial charge is 0.0802 e. The minimum absolute atomic E-state index is 0.413. The summed E-state index contributed by atoms with van der Waals surface area (Å²) < 4.78 is 5.30. The zero-order valence-electron chi connectivity index (χ0n) is 10.7. The van der Waals surface area contributed by atoms with Gasteiger partial charge in [0.2, 0.25) is 0 Å². The topological polar surface area (TPSA) is 32.7 Å². The Bertz CT molecular complexity index is 391. The molecule has 0 saturated carbocycles. The van der Waals surface area contributed by atoms with Gasteiger partial charge in [-0.3, -0.25) is 4.90 Å². The summed E-state index contributed by atoms with van der Waals surface area (Å²) in [5.41, 5.74) is 1.96. The molecule has 1 unspecified atom stereocenters. The van der Waals surface area contributed by atoms with Gasteiger partial charge in [0.05, 0.1) is 19.3 Å². The second kappa shape index (κ2) is 6.53. The molecule has 1 heterocycles. The fourth-order valence-electron chi connectivity index (χ4n) is 2.17. The van der Waals surface area contributed by atoms with E-state index in [1.54, 1.807) is 0 Å². The number of rotatable bonds is 4. The zero-order chi connectivity index (χ0) is 13.0. The van der Waals surface area contributed by atoms with E-state index in [1.807, 2.05) is 25.1 Å². The van der Waals surface area contributed by atoms with Crippen molar-refractivity contribution >= 4 is 11.6 Å². The summed E-state index contributed by atoms with van der Waals surface area (Å²) in [5.74, 6) is 0. The lowest BCUT2D eigenvalue weighted by molar-refractivity contribution is 0.0300. The van der Waals surface area contributed by atoms with Crippen LogP contribution in [0.2, 0.25) is 5.02 Å². The van der Waals surface area contributed by atoms with Crippen LogP contribution in [0.4, 0.5) is 0 Å². The van der Waals surface area contributed by atoms with Crippen LogP contribution >= 0.6 is 11.6 Å². The van der Waals surface area contributed by atoms with E-state index < -0.39 is 6.10 Å². The van der Waals surface area contributed by atoms with Gasteiger partial charge < -0.3 is 9.84 Å². The van der Waals surface area contributed by atoms with Crippen molar-refractivity contribution in [2.75, 3.05) is 32.8 Å². The highest BCUT2D eigenvalue weighted by atomic mass is 35.5. The molecule has 0 amide bonds. The molecule has 18 heavy (non-hydrogen) atoms. The van der Waals surface area contributed by atoms with Crippen LogP contribution in [-0.2, 0) is 4.74 Å². The first-order chi connectivity index (χ1) is 8.66. The van der Waals surface area contributed by atoms with Gasteiger partial charge in [-0.2, -0.15) is 0 Å². The lowest BCUT2D eigenvalue weighted by Crippen LogP contribution is -2.37. The molecule has 2 rings (SSSR count). The van der Waals surface area contributed by atoms with Gasteiger partial charge in [-0.1, -0.05) is 23.7 Å². The highest BCUT2D eigenvalue weighted by Crippen LogP contribution is 2.23. The third-order valence-corrected chi connectivity index (χ3v) is 3.81. The number of benzene rings is 1. The van der Waals surface area contributed by atoms with E-state index in [4.69, 9.17) is 16.3 Å². The highest BCUT2D eigenvalue weighted by molar-refractivity contribution is 6.31. The Morgan fingerprint density at radius 2 is 2.11 bits per heavy atom. The fourth-order valence-corrected chi connectivity index (χ4v) is 2.29. The van der Waals surface area contributed by atoms with Crippen LogP contribution in [0.1, 0.15) is 23.7 Å². The molecule has 0 aromatic heterocycles. The molecule has 1 fully saturated rings. The monoisotopic (exact) mass is 269 g/mol. The summed E-state index contributed by atoms with van der Waals surface area (Å²) in [6, 6.07) is 5.72. The predicted octanol–water partition coefficient (Wildman–Crippen LogP) is 2.40. The summed E-state index contributed by atoms with van der Waals surface area (Å²) >= 11 is 5.98. The first-order valence-electron chi connectivity index (χ1n) is 6.41. The number of ether oxygens (including phenoxy) is 1. The summed E-state index contributed by atoms with van der Waals surface area (Å²) in [7, 11) is 0. The Morgan fingerprint density at radius 3 is 2.78 bits per heavy atom. The van der Waals surface area contributed by atoms with E-state index in [9.17, 15) is 5.11 Å². The minimum Gasteiger partial charge on any atom is -0.388 e. The maximum absolute atomic E-state index is 10.2. The number of nitrogens with zero attached hydrogens (tertiary/aromatic N) is 1. The predicted molar refractivity (Wildman–Crippen MR) is 73.0 cm³/mol. The summed E-state index contributed by atoms with van der Waals surface area (Å²) in [6.07, 6.45) is 0.338. The molecule has 0 radical (unpaired) electrons. The Kier molecular flexibility index (Phi) is 5.01. The number of aryl methyl sites for hydroxylation is 1. The van der Waals surface area contributed by atoms with Crippen molar-refractivity contribution in [3.63, 3.8) is 0 Å². The van der Waals surface area contributed by atoms with Gasteiger partial charge in [-0.05, 0) is 30.5 Å². The molecular weight excluding hydrogens is 250 g/mol. The molecule has 1 saturated heterocycles. The molecule has 3 nitrogen and oxygen atoms in total. The first-order valence-corrected chi connectivity index (χ1v) is 6.79. The average Bonchev–Trinajstić information content (AvgIpc) is 2.40. The Hall–Kier alpha value is -0.610. The van der Waals surface area contributed by atoms with Crippen LogP contribution in [0.5, 0.6) is 0 Å². The van der Waals surface area contributed by atoms with Gasteiger partial charge in [-0.25, -0.2) is 0 Å². The Labute approximate surface area is 113 Å². The maximum Gasteiger partial charge on any atom is 0.0802 e. The van der Waals surface area contributed by atoms with Gasteiger partial charge >= 0.3 is 0 Å². The second-order valence-electron chi connectivity index (χ2n) is 4.77. The SMILES string of the molecule is Cc1cc(C(O)CCN2CCOCC2)ccc1Cl. The standard InChI is InChI=1S/C14H20ClNO2/c1-11-10-12(2-3-13(11)15)14(17)4-5-16-6-8-18-9-7-16/h2-3,10,14,17H,4-9H2,1H3. The molecule has 0 bridgehead atoms. The molecule has 4 heteroatoms. The van der Waals surface area contributed by atoms with E-state index in [2.05, 4.69) is 4.90 Å². The van der Waals surface area contributed by atoms with Crippen molar-refractivity contribution in [1.82, 2.24) is 4.90 Å². The molecule has 1 aliphatic heterocycles. The number of hydrogen-bond donors (Lipinski definition) is 1. The molecule has 1 atom stereocenters. The fraction of sp³-hybridized carbons (Fsp3) is 0.571. The van der Waals surface area contributed by atoms with Gasteiger partial charge in [0.1, 0.15) is 0 Å². The Morgan fingerprint density at radius 1 is 1.39 bits per heavy atom. The highest BCUT2D eigenvalue weighted by Gasteiger charge is 2.14. The van der Waals surface area contributed by atoms with Crippen molar-refractivity contribution < 1.29 is 9.84 Å². The summed E-state index contributed by atoms with van der Waals surface area (Å²) in [6.45, 7) is 6.40. The lowest BCUT2D eigenvalue weighted by Gasteiger charge is -2.27. The van der Waals surface area contributed by atoms with Crippen molar-refractivity contribution in [3.05, 3.63) is 34.3 Å². The third-order valence-electron chi connectivity index (χ3n) is 3.39. The van der Waals surface area contributed by atoms with Crippen LogP contribution in [0.3, 0.4) is 0 Å². The maximum atomic E-state index is 10.2. The van der Waals surface area contributed by atoms with Crippen LogP contribution in [0.15, 0.2) is 18.2 Å². The van der Waals surface area contributed by atoms with Gasteiger partial charge in [-0.15, -0.1) is 0 Å². The van der Waals surface area contributed by atoms with E-state index in [0.29, 0.717) is 0 Å². The number of halogens is 1. The quantitative estimate of drug-likeness (QED) is 0.911. The van der Waals surface area contributed by atoms with Crippen molar-refractivity contribution in [3.8, 4) is 0 Å². The second-order valence-corrected chi connectivity index (χ2v) is 5.17. The zero-order valence-corrected chi connectivity index (χ0v) is 11.5. The lowest BCUT2D eigenvalue weighted by atomic mass is 10.0. The van der Waals surface area contributed by atoms with Gasteiger partial charge in [0.15, 0.2) is 0 Å². The molecular formula is C14H20ClNO2. The molecule has 0 spiro atoms. The van der Waals surface area contributed by atoms with Crippen molar-refractivity contribution in [1.29, 1.82) is 0 Å². The van der Waals surface area contributed by atoms with E-state index >= 15 is 0 Å². The van der Waals surface area contributed by atoms with Crippen molar-refractivity contribution in [2.45, 2.75) is 19.4 Å². The number of aliphatic hydroxyl groups excluding tert-OH is 1. The average molecular weight is 270 g/mol. The largest absolute Gasteiger partial charge is 0.388 e. The summed E-state index contributed by atoms with van der Waals surface area (Å²) in [4.78, 5) is 2.33. The van der Waals surface area contributed by atoms with Crippen molar-refractivity contribution in [2.24, 2.45) is 0 Å². The molecule has 1 aliphatic rings. The van der Waals surface area contributed by atoms with E-state index in [0.717, 1.165) is 55.4 Å². The molecule has 1 aromatic carbocycles. The van der Waals surface area contributed by atoms with E-state index in [-0.39, 0.29) is 0 Å². The molecule has 1 aromatic rings. The molecule has 100 valence electrons. The number of aliphatic hydroxyl groups is 1. The van der Waals surface area contributed by atoms with Gasteiger partial charge in [0, 0.05) is 24.7 Å². The van der Waals surface area contributed by atoms with Crippen LogP contribution in [0, 0.1) is 6.92 Å². The molecule has 1 N–H and O–H groups in total. The normalized spacial score (nSPS) is 18.8. The van der Waals surface area contributed by atoms with E-state index in [1.165, 1.54) is 0 Å². The van der Waals surface area contributed by atoms with Crippen LogP contribution in [0.25, 0.3) is 0 Å². The number of morpholine rings is 1. The van der Waals surface area contributed by atoms with Gasteiger partial charge in [0.25, 0.3) is 0 Å². The van der Waals surface area contributed by atoms with Crippen LogP contribution < -0.4 is 0 Å². The number of hydrogen-bond acceptors (Lipinski definition) is 3. The molecule has 0 aliphatic carbocycles.